The number of aldehydes is 1. The van der Waals surface area contributed by atoms with Gasteiger partial charge in [0.05, 0.1) is 5.56 Å². The van der Waals surface area contributed by atoms with Crippen molar-refractivity contribution in [2.75, 3.05) is 24.5 Å². The average molecular weight is 303 g/mol. The maximum Gasteiger partial charge on any atom is 0.153 e. The van der Waals surface area contributed by atoms with E-state index in [2.05, 4.69) is 25.7 Å². The van der Waals surface area contributed by atoms with Gasteiger partial charge in [-0.2, -0.15) is 0 Å². The van der Waals surface area contributed by atoms with Crippen molar-refractivity contribution in [1.29, 1.82) is 0 Å². The van der Waals surface area contributed by atoms with E-state index < -0.39 is 0 Å². The molecule has 1 aromatic carbocycles. The molecule has 2 saturated heterocycles. The van der Waals surface area contributed by atoms with Crippen LogP contribution < -0.4 is 10.2 Å². The predicted molar refractivity (Wildman–Crippen MR) is 88.6 cm³/mol. The number of hydrogen-bond acceptors (Lipinski definition) is 4. The summed E-state index contributed by atoms with van der Waals surface area (Å²) in [5, 5.41) is 11.5. The largest absolute Gasteiger partial charge is 0.507 e. The zero-order valence-electron chi connectivity index (χ0n) is 14.7. The van der Waals surface area contributed by atoms with Crippen molar-refractivity contribution in [3.8, 4) is 5.75 Å². The van der Waals surface area contributed by atoms with Gasteiger partial charge < -0.3 is 15.3 Å². The van der Waals surface area contributed by atoms with Crippen molar-refractivity contribution in [2.24, 2.45) is 10.8 Å². The minimum Gasteiger partial charge on any atom is -0.507 e. The van der Waals surface area contributed by atoms with Gasteiger partial charge in [0.1, 0.15) is 7.16 Å². The Hall–Kier alpha value is -1.55. The number of aromatic hydroxyl groups is 1. The Morgan fingerprint density at radius 2 is 2.23 bits per heavy atom. The Morgan fingerprint density at radius 1 is 1.45 bits per heavy atom. The van der Waals surface area contributed by atoms with Crippen LogP contribution in [0, 0.1) is 10.8 Å². The van der Waals surface area contributed by atoms with Crippen LogP contribution in [0.15, 0.2) is 18.2 Å². The second-order valence-electron chi connectivity index (χ2n) is 7.82. The van der Waals surface area contributed by atoms with E-state index in [1.54, 1.807) is 17.4 Å². The second-order valence-corrected chi connectivity index (χ2v) is 7.82. The molecular weight excluding hydrogens is 276 g/mol. The van der Waals surface area contributed by atoms with Crippen LogP contribution in [-0.4, -0.2) is 37.1 Å². The number of carbonyl (C=O) groups is 1. The fourth-order valence-corrected chi connectivity index (χ4v) is 4.32. The maximum absolute atomic E-state index is 11.1. The molecule has 2 fully saturated rings. The monoisotopic (exact) mass is 303 g/mol. The molecule has 3 rings (SSSR count). The highest BCUT2D eigenvalue weighted by Gasteiger charge is 2.51. The Balaban J connectivity index is 1.87. The number of anilines is 1. The summed E-state index contributed by atoms with van der Waals surface area (Å²) in [5.74, 6) is 0.0310. The first-order chi connectivity index (χ1) is 10.8. The number of phenolic OH excluding ortho intramolecular Hbond substituents is 1. The molecule has 120 valence electrons. The first kappa shape index (κ1) is 14.1. The smallest absolute Gasteiger partial charge is 0.153 e. The van der Waals surface area contributed by atoms with Crippen molar-refractivity contribution in [1.82, 2.24) is 5.31 Å². The van der Waals surface area contributed by atoms with Crippen molar-refractivity contribution >= 4 is 12.0 Å². The van der Waals surface area contributed by atoms with E-state index in [0.29, 0.717) is 11.8 Å². The van der Waals surface area contributed by atoms with Gasteiger partial charge in [-0.3, -0.25) is 4.79 Å². The first-order valence-electron chi connectivity index (χ1n) is 8.50. The number of carbonyl (C=O) groups excluding carboxylic acids is 1. The Bertz CT molecular complexity index is 614. The van der Waals surface area contributed by atoms with Crippen molar-refractivity contribution < 1.29 is 11.3 Å². The fourth-order valence-electron chi connectivity index (χ4n) is 4.32. The second kappa shape index (κ2) is 5.27. The lowest BCUT2D eigenvalue weighted by molar-refractivity contribution is 0.112. The molecule has 0 saturated carbocycles. The third-order valence-electron chi connectivity index (χ3n) is 5.21. The molecule has 2 N–H and O–H groups in total. The van der Waals surface area contributed by atoms with Crippen LogP contribution >= 0.6 is 0 Å². The Morgan fingerprint density at radius 3 is 2.91 bits per heavy atom. The van der Waals surface area contributed by atoms with E-state index in [-0.39, 0.29) is 22.6 Å². The van der Waals surface area contributed by atoms with Crippen LogP contribution in [0.4, 0.5) is 5.69 Å². The first-order valence-corrected chi connectivity index (χ1v) is 8.05. The Labute approximate surface area is 134 Å². The normalized spacial score (nSPS) is 30.0. The van der Waals surface area contributed by atoms with E-state index in [4.69, 9.17) is 1.41 Å². The molecule has 0 bridgehead atoms. The number of rotatable bonds is 2. The van der Waals surface area contributed by atoms with E-state index in [1.165, 1.54) is 0 Å². The molecule has 2 atom stereocenters. The van der Waals surface area contributed by atoms with Gasteiger partial charge in [-0.05, 0) is 43.0 Å². The third kappa shape index (κ3) is 2.50. The van der Waals surface area contributed by atoms with Crippen LogP contribution in [-0.2, 0) is 0 Å². The highest BCUT2D eigenvalue weighted by Crippen LogP contribution is 2.47. The quantitative estimate of drug-likeness (QED) is 0.825. The molecule has 2 unspecified atom stereocenters. The van der Waals surface area contributed by atoms with Crippen molar-refractivity contribution in [2.45, 2.75) is 39.7 Å². The lowest BCUT2D eigenvalue weighted by Crippen LogP contribution is -2.47. The summed E-state index contributed by atoms with van der Waals surface area (Å²) in [7, 11) is 0. The SMILES string of the molecule is [2H]N1CCC2(CCN(c3ccc(O)c(C=O)c3)C2)C1C(C)(C)C. The molecule has 1 spiro atoms. The Kier molecular flexibility index (Phi) is 3.37. The van der Waals surface area contributed by atoms with Gasteiger partial charge in [-0.25, -0.2) is 0 Å². The van der Waals surface area contributed by atoms with Crippen LogP contribution in [0.5, 0.6) is 5.75 Å². The number of nitrogens with one attached hydrogen (secondary N) is 1. The molecule has 2 aliphatic rings. The molecule has 4 heteroatoms. The lowest BCUT2D eigenvalue weighted by atomic mass is 9.69. The topological polar surface area (TPSA) is 52.6 Å². The molecule has 0 aromatic heterocycles. The molecule has 2 aliphatic heterocycles. The van der Waals surface area contributed by atoms with Crippen LogP contribution in [0.3, 0.4) is 0 Å². The molecule has 0 radical (unpaired) electrons. The van der Waals surface area contributed by atoms with E-state index in [9.17, 15) is 9.90 Å². The van der Waals surface area contributed by atoms with Gasteiger partial charge in [0.25, 0.3) is 0 Å². The molecule has 1 aromatic rings. The van der Waals surface area contributed by atoms with Crippen LogP contribution in [0.1, 0.15) is 44.0 Å². The lowest BCUT2D eigenvalue weighted by Gasteiger charge is -2.40. The molecule has 2 heterocycles. The summed E-state index contributed by atoms with van der Waals surface area (Å²) in [6.07, 6.45) is 2.82. The van der Waals surface area contributed by atoms with Crippen LogP contribution in [0.25, 0.3) is 0 Å². The summed E-state index contributed by atoms with van der Waals surface area (Å²) in [5.41, 5.74) is 1.53. The van der Waals surface area contributed by atoms with Gasteiger partial charge in [-0.1, -0.05) is 20.8 Å². The minimum atomic E-state index is 0.0310. The number of benzene rings is 1. The molecule has 0 amide bonds. The average Bonchev–Trinajstić information content (AvgIpc) is 3.04. The zero-order chi connectivity index (χ0) is 16.8. The summed E-state index contributed by atoms with van der Waals surface area (Å²) < 4.78 is 8.33. The van der Waals surface area contributed by atoms with E-state index >= 15 is 0 Å². The number of phenols is 1. The highest BCUT2D eigenvalue weighted by atomic mass is 16.3. The van der Waals surface area contributed by atoms with Crippen molar-refractivity contribution in [3.63, 3.8) is 0 Å². The van der Waals surface area contributed by atoms with Gasteiger partial charge in [0.15, 0.2) is 6.29 Å². The van der Waals surface area contributed by atoms with Gasteiger partial charge >= 0.3 is 0 Å². The standard InChI is InChI=1S/C18H26N2O2/c1-17(2,3)16-18(6-8-19-16)7-9-20(12-18)14-4-5-15(22)13(10-14)11-21/h4-5,10-11,16,19,22H,6-9,12H2,1-3H3/i/hD. The minimum absolute atomic E-state index is 0.0310. The number of nitrogens with zero attached hydrogens (tertiary/aromatic N) is 1. The number of hydrogen-bond donors (Lipinski definition) is 2. The third-order valence-corrected chi connectivity index (χ3v) is 5.21. The van der Waals surface area contributed by atoms with Gasteiger partial charge in [-0.15, -0.1) is 0 Å². The van der Waals surface area contributed by atoms with Gasteiger partial charge in [0.2, 0.25) is 0 Å². The summed E-state index contributed by atoms with van der Waals surface area (Å²) in [6.45, 7) is 9.34. The molecule has 22 heavy (non-hydrogen) atoms. The van der Waals surface area contributed by atoms with E-state index in [0.717, 1.165) is 38.2 Å². The summed E-state index contributed by atoms with van der Waals surface area (Å²) >= 11 is 0. The summed E-state index contributed by atoms with van der Waals surface area (Å²) in [6, 6.07) is 5.47. The van der Waals surface area contributed by atoms with Crippen molar-refractivity contribution in [3.05, 3.63) is 23.8 Å². The molecule has 0 aliphatic carbocycles. The molecular formula is C18H26N2O2. The van der Waals surface area contributed by atoms with Crippen LogP contribution in [0.2, 0.25) is 1.41 Å². The fraction of sp³-hybridized carbons (Fsp3) is 0.611. The predicted octanol–water partition coefficient (Wildman–Crippen LogP) is 2.81. The summed E-state index contributed by atoms with van der Waals surface area (Å²) in [4.78, 5) is 13.4. The van der Waals surface area contributed by atoms with E-state index in [1.807, 2.05) is 6.07 Å². The maximum atomic E-state index is 11.1. The van der Waals surface area contributed by atoms with Gasteiger partial charge in [0, 0.05) is 30.2 Å². The highest BCUT2D eigenvalue weighted by molar-refractivity contribution is 5.81. The zero-order valence-corrected chi connectivity index (χ0v) is 13.7. The molecule has 4 nitrogen and oxygen atoms in total.